The van der Waals surface area contributed by atoms with Gasteiger partial charge in [-0.25, -0.2) is 0 Å². The van der Waals surface area contributed by atoms with Crippen LogP contribution in [-0.2, 0) is 18.8 Å². The largest absolute Gasteiger partial charge is 0.416 e. The van der Waals surface area contributed by atoms with Crippen LogP contribution in [-0.4, -0.2) is 29.7 Å². The van der Waals surface area contributed by atoms with Gasteiger partial charge in [0.1, 0.15) is 4.70 Å². The van der Waals surface area contributed by atoms with Crippen molar-refractivity contribution in [1.29, 1.82) is 0 Å². The maximum atomic E-state index is 13.2. The molecule has 1 aromatic heterocycles. The fourth-order valence-corrected chi connectivity index (χ4v) is 5.59. The molecule has 0 spiro atoms. The SMILES string of the molecule is CNC1CC(Cc2ccc(C(F)(F)F)cc2)CCN1c1nc(=O)c2cc(C(F)(F)F)cc([N+](=O)[O-])c2s1. The third-order valence-corrected chi connectivity index (χ3v) is 7.45. The molecule has 1 N–H and O–H groups in total. The van der Waals surface area contributed by atoms with E-state index in [4.69, 9.17) is 0 Å². The van der Waals surface area contributed by atoms with Gasteiger partial charge in [0.25, 0.3) is 11.2 Å². The Balaban J connectivity index is 1.60. The fourth-order valence-electron chi connectivity index (χ4n) is 4.45. The molecule has 2 unspecified atom stereocenters. The van der Waals surface area contributed by atoms with Crippen LogP contribution in [0.15, 0.2) is 41.2 Å². The molecule has 198 valence electrons. The van der Waals surface area contributed by atoms with Crippen molar-refractivity contribution < 1.29 is 31.3 Å². The molecule has 1 aliphatic rings. The minimum absolute atomic E-state index is 0.0892. The number of fused-ring (bicyclic) bond motifs is 1. The summed E-state index contributed by atoms with van der Waals surface area (Å²) in [7, 11) is 1.67. The van der Waals surface area contributed by atoms with Crippen LogP contribution in [0.4, 0.5) is 37.2 Å². The molecule has 1 saturated heterocycles. The number of anilines is 1. The Morgan fingerprint density at radius 3 is 2.32 bits per heavy atom. The predicted octanol–water partition coefficient (Wildman–Crippen LogP) is 5.61. The van der Waals surface area contributed by atoms with Gasteiger partial charge in [-0.2, -0.15) is 31.3 Å². The first-order chi connectivity index (χ1) is 17.3. The first kappa shape index (κ1) is 26.8. The zero-order chi connectivity index (χ0) is 27.1. The molecule has 2 heterocycles. The van der Waals surface area contributed by atoms with E-state index in [9.17, 15) is 41.3 Å². The van der Waals surface area contributed by atoms with Crippen molar-refractivity contribution in [2.75, 3.05) is 18.5 Å². The van der Waals surface area contributed by atoms with Gasteiger partial charge in [-0.3, -0.25) is 14.9 Å². The molecule has 0 bridgehead atoms. The quantitative estimate of drug-likeness (QED) is 0.254. The maximum absolute atomic E-state index is 13.2. The number of rotatable bonds is 5. The number of hydrogen-bond donors (Lipinski definition) is 1. The number of alkyl halides is 6. The molecule has 0 amide bonds. The molecule has 37 heavy (non-hydrogen) atoms. The van der Waals surface area contributed by atoms with E-state index in [0.717, 1.165) is 29.0 Å². The summed E-state index contributed by atoms with van der Waals surface area (Å²) < 4.78 is 77.9. The molecule has 1 aliphatic heterocycles. The van der Waals surface area contributed by atoms with Gasteiger partial charge in [-0.15, -0.1) is 0 Å². The highest BCUT2D eigenvalue weighted by Crippen LogP contribution is 2.39. The zero-order valence-electron chi connectivity index (χ0n) is 19.2. The van der Waals surface area contributed by atoms with Crippen molar-refractivity contribution in [1.82, 2.24) is 10.3 Å². The third kappa shape index (κ3) is 5.69. The van der Waals surface area contributed by atoms with Gasteiger partial charge in [0.05, 0.1) is 27.6 Å². The molecule has 2 atom stereocenters. The normalized spacial score (nSPS) is 18.8. The highest BCUT2D eigenvalue weighted by atomic mass is 32.1. The lowest BCUT2D eigenvalue weighted by atomic mass is 9.88. The number of nitro benzene ring substituents is 1. The summed E-state index contributed by atoms with van der Waals surface area (Å²) in [6, 6.07) is 5.93. The van der Waals surface area contributed by atoms with Crippen LogP contribution in [0, 0.1) is 16.0 Å². The van der Waals surface area contributed by atoms with Crippen molar-refractivity contribution in [3.63, 3.8) is 0 Å². The van der Waals surface area contributed by atoms with Crippen LogP contribution >= 0.6 is 11.3 Å². The Morgan fingerprint density at radius 2 is 1.76 bits per heavy atom. The van der Waals surface area contributed by atoms with Crippen LogP contribution < -0.4 is 15.8 Å². The maximum Gasteiger partial charge on any atom is 0.416 e. The Hall–Kier alpha value is -3.26. The van der Waals surface area contributed by atoms with Crippen LogP contribution in [0.3, 0.4) is 0 Å². The summed E-state index contributed by atoms with van der Waals surface area (Å²) in [6.45, 7) is 0.375. The molecule has 1 fully saturated rings. The van der Waals surface area contributed by atoms with Crippen molar-refractivity contribution in [3.05, 3.63) is 73.6 Å². The minimum atomic E-state index is -4.87. The summed E-state index contributed by atoms with van der Waals surface area (Å²) in [4.78, 5) is 28.9. The average molecular weight is 546 g/mol. The fraction of sp³-hybridized carbons (Fsp3) is 0.391. The number of nitro groups is 1. The van der Waals surface area contributed by atoms with Crippen LogP contribution in [0.1, 0.15) is 29.5 Å². The Kier molecular flexibility index (Phi) is 7.16. The molecule has 2 aromatic carbocycles. The highest BCUT2D eigenvalue weighted by Gasteiger charge is 2.35. The Bertz CT molecular complexity index is 1370. The minimum Gasteiger partial charge on any atom is -0.332 e. The number of non-ortho nitro benzene ring substituents is 1. The first-order valence-corrected chi connectivity index (χ1v) is 11.9. The second kappa shape index (κ2) is 9.89. The van der Waals surface area contributed by atoms with Gasteiger partial charge in [0, 0.05) is 12.6 Å². The van der Waals surface area contributed by atoms with Crippen molar-refractivity contribution in [2.24, 2.45) is 5.92 Å². The number of aromatic nitrogens is 1. The van der Waals surface area contributed by atoms with Crippen molar-refractivity contribution >= 4 is 32.2 Å². The summed E-state index contributed by atoms with van der Waals surface area (Å²) in [6.07, 6.45) is -8.00. The molecule has 7 nitrogen and oxygen atoms in total. The van der Waals surface area contributed by atoms with E-state index in [2.05, 4.69) is 10.3 Å². The summed E-state index contributed by atoms with van der Waals surface area (Å²) in [5.41, 5.74) is -3.12. The van der Waals surface area contributed by atoms with Crippen molar-refractivity contribution in [3.8, 4) is 0 Å². The average Bonchev–Trinajstić information content (AvgIpc) is 2.82. The molecule has 0 saturated carbocycles. The predicted molar refractivity (Wildman–Crippen MR) is 126 cm³/mol. The second-order valence-corrected chi connectivity index (χ2v) is 9.69. The number of halogens is 6. The first-order valence-electron chi connectivity index (χ1n) is 11.1. The van der Waals surface area contributed by atoms with Crippen LogP contribution in [0.2, 0.25) is 0 Å². The standard InChI is InChI=1S/C23H20F6N4O3S/c1-30-18-9-13(8-12-2-4-14(5-3-12)22(24,25)26)6-7-32(18)21-31-20(34)16-10-15(23(27,28)29)11-17(33(35)36)19(16)37-21/h2-5,10-11,13,18,30H,6-9H2,1H3. The van der Waals surface area contributed by atoms with E-state index in [-0.39, 0.29) is 21.9 Å². The summed E-state index contributed by atoms with van der Waals surface area (Å²) in [5.74, 6) is 0.0892. The lowest BCUT2D eigenvalue weighted by Crippen LogP contribution is -2.50. The van der Waals surface area contributed by atoms with E-state index in [0.29, 0.717) is 37.9 Å². The summed E-state index contributed by atoms with van der Waals surface area (Å²) in [5, 5.41) is 14.3. The summed E-state index contributed by atoms with van der Waals surface area (Å²) >= 11 is 0.769. The van der Waals surface area contributed by atoms with E-state index < -0.39 is 45.0 Å². The number of hydrogen-bond acceptors (Lipinski definition) is 7. The molecule has 3 aromatic rings. The van der Waals surface area contributed by atoms with Crippen LogP contribution in [0.25, 0.3) is 10.1 Å². The second-order valence-electron chi connectivity index (χ2n) is 8.72. The topological polar surface area (TPSA) is 88.4 Å². The molecular weight excluding hydrogens is 526 g/mol. The van der Waals surface area contributed by atoms with E-state index in [1.807, 2.05) is 0 Å². The van der Waals surface area contributed by atoms with Gasteiger partial charge in [-0.1, -0.05) is 23.5 Å². The van der Waals surface area contributed by atoms with E-state index in [1.54, 1.807) is 11.9 Å². The zero-order valence-corrected chi connectivity index (χ0v) is 20.0. The van der Waals surface area contributed by atoms with Gasteiger partial charge >= 0.3 is 12.4 Å². The Morgan fingerprint density at radius 1 is 1.11 bits per heavy atom. The number of piperidine rings is 1. The lowest BCUT2D eigenvalue weighted by Gasteiger charge is -2.39. The Labute approximate surface area is 209 Å². The van der Waals surface area contributed by atoms with Gasteiger partial charge in [0.2, 0.25) is 0 Å². The number of nitrogens with zero attached hydrogens (tertiary/aromatic N) is 3. The lowest BCUT2D eigenvalue weighted by molar-refractivity contribution is -0.383. The molecular formula is C23H20F6N4O3S. The van der Waals surface area contributed by atoms with Gasteiger partial charge in [0.15, 0.2) is 5.13 Å². The molecule has 14 heteroatoms. The van der Waals surface area contributed by atoms with E-state index >= 15 is 0 Å². The molecule has 0 aliphatic carbocycles. The van der Waals surface area contributed by atoms with Crippen LogP contribution in [0.5, 0.6) is 0 Å². The number of nitrogens with one attached hydrogen (secondary N) is 1. The smallest absolute Gasteiger partial charge is 0.332 e. The highest BCUT2D eigenvalue weighted by molar-refractivity contribution is 7.22. The van der Waals surface area contributed by atoms with E-state index in [1.165, 1.54) is 12.1 Å². The monoisotopic (exact) mass is 546 g/mol. The number of benzene rings is 2. The van der Waals surface area contributed by atoms with Crippen molar-refractivity contribution in [2.45, 2.75) is 37.8 Å². The molecule has 0 radical (unpaired) electrons. The third-order valence-electron chi connectivity index (χ3n) is 6.31. The van der Waals surface area contributed by atoms with Gasteiger partial charge in [-0.05, 0) is 56.0 Å². The van der Waals surface area contributed by atoms with Gasteiger partial charge < -0.3 is 10.2 Å². The molecule has 4 rings (SSSR count).